The zero-order chi connectivity index (χ0) is 13.1. The van der Waals surface area contributed by atoms with E-state index in [9.17, 15) is 0 Å². The van der Waals surface area contributed by atoms with Crippen LogP contribution in [-0.2, 0) is 6.42 Å². The molecule has 2 atom stereocenters. The number of anilines is 1. The Hall–Kier alpha value is -1.16. The Balaban J connectivity index is 1.97. The van der Waals surface area contributed by atoms with Crippen LogP contribution in [0, 0.1) is 5.92 Å². The highest BCUT2D eigenvalue weighted by Crippen LogP contribution is 2.35. The Kier molecular flexibility index (Phi) is 4.17. The Morgan fingerprint density at radius 3 is 2.50 bits per heavy atom. The standard InChI is InChI=1S/C14H24N4/c1-4-13(15)7-11-8-16-14(17-9-11)18(3)10(2)12-5-6-12/h8-10,12-13H,4-7,15H2,1-3H3. The van der Waals surface area contributed by atoms with Crippen LogP contribution < -0.4 is 10.6 Å². The van der Waals surface area contributed by atoms with Crippen molar-refractivity contribution in [2.24, 2.45) is 11.7 Å². The van der Waals surface area contributed by atoms with Crippen LogP contribution in [0.15, 0.2) is 12.4 Å². The molecule has 18 heavy (non-hydrogen) atoms. The normalized spacial score (nSPS) is 18.4. The molecule has 0 saturated heterocycles. The largest absolute Gasteiger partial charge is 0.341 e. The minimum Gasteiger partial charge on any atom is -0.341 e. The summed E-state index contributed by atoms with van der Waals surface area (Å²) in [6.07, 6.45) is 8.35. The summed E-state index contributed by atoms with van der Waals surface area (Å²) >= 11 is 0. The summed E-state index contributed by atoms with van der Waals surface area (Å²) in [4.78, 5) is 11.1. The van der Waals surface area contributed by atoms with Crippen LogP contribution in [-0.4, -0.2) is 29.1 Å². The summed E-state index contributed by atoms with van der Waals surface area (Å²) in [6, 6.07) is 0.747. The summed E-state index contributed by atoms with van der Waals surface area (Å²) in [7, 11) is 2.08. The van der Waals surface area contributed by atoms with Gasteiger partial charge in [-0.25, -0.2) is 9.97 Å². The van der Waals surface area contributed by atoms with Crippen LogP contribution in [0.3, 0.4) is 0 Å². The number of hydrogen-bond acceptors (Lipinski definition) is 4. The molecule has 4 heteroatoms. The molecule has 0 aliphatic heterocycles. The lowest BCUT2D eigenvalue weighted by Gasteiger charge is -2.24. The van der Waals surface area contributed by atoms with Gasteiger partial charge < -0.3 is 10.6 Å². The van der Waals surface area contributed by atoms with Crippen molar-refractivity contribution in [2.75, 3.05) is 11.9 Å². The number of hydrogen-bond donors (Lipinski definition) is 1. The lowest BCUT2D eigenvalue weighted by molar-refractivity contribution is 0.595. The van der Waals surface area contributed by atoms with E-state index in [1.165, 1.54) is 12.8 Å². The van der Waals surface area contributed by atoms with Crippen molar-refractivity contribution in [3.8, 4) is 0 Å². The van der Waals surface area contributed by atoms with Gasteiger partial charge in [-0.3, -0.25) is 0 Å². The second kappa shape index (κ2) is 5.65. The van der Waals surface area contributed by atoms with Crippen LogP contribution in [0.25, 0.3) is 0 Å². The Labute approximate surface area is 110 Å². The molecule has 1 aromatic rings. The van der Waals surface area contributed by atoms with Crippen molar-refractivity contribution in [2.45, 2.75) is 51.6 Å². The molecule has 2 unspecified atom stereocenters. The summed E-state index contributed by atoms with van der Waals surface area (Å²) in [5.41, 5.74) is 7.06. The monoisotopic (exact) mass is 248 g/mol. The van der Waals surface area contributed by atoms with E-state index in [-0.39, 0.29) is 6.04 Å². The molecule has 1 heterocycles. The van der Waals surface area contributed by atoms with Gasteiger partial charge in [0, 0.05) is 31.5 Å². The van der Waals surface area contributed by atoms with Crippen molar-refractivity contribution >= 4 is 5.95 Å². The third kappa shape index (κ3) is 3.19. The molecule has 0 bridgehead atoms. The highest BCUT2D eigenvalue weighted by atomic mass is 15.2. The molecule has 0 spiro atoms. The maximum absolute atomic E-state index is 5.93. The molecular weight excluding hydrogens is 224 g/mol. The SMILES string of the molecule is CCC(N)Cc1cnc(N(C)C(C)C2CC2)nc1. The van der Waals surface area contributed by atoms with Crippen LogP contribution in [0.2, 0.25) is 0 Å². The summed E-state index contributed by atoms with van der Waals surface area (Å²) in [5, 5.41) is 0. The molecule has 1 aliphatic carbocycles. The zero-order valence-corrected chi connectivity index (χ0v) is 11.6. The zero-order valence-electron chi connectivity index (χ0n) is 11.6. The smallest absolute Gasteiger partial charge is 0.225 e. The van der Waals surface area contributed by atoms with Gasteiger partial charge in [-0.15, -0.1) is 0 Å². The maximum Gasteiger partial charge on any atom is 0.225 e. The summed E-state index contributed by atoms with van der Waals surface area (Å²) in [5.74, 6) is 1.65. The highest BCUT2D eigenvalue weighted by molar-refractivity contribution is 5.31. The molecule has 0 amide bonds. The lowest BCUT2D eigenvalue weighted by Crippen LogP contribution is -2.32. The lowest BCUT2D eigenvalue weighted by atomic mass is 10.1. The Morgan fingerprint density at radius 2 is 2.00 bits per heavy atom. The van der Waals surface area contributed by atoms with Gasteiger partial charge in [-0.2, -0.15) is 0 Å². The van der Waals surface area contributed by atoms with Crippen molar-refractivity contribution < 1.29 is 0 Å². The van der Waals surface area contributed by atoms with E-state index in [4.69, 9.17) is 5.73 Å². The van der Waals surface area contributed by atoms with E-state index < -0.39 is 0 Å². The molecule has 100 valence electrons. The van der Waals surface area contributed by atoms with Gasteiger partial charge in [-0.1, -0.05) is 6.92 Å². The van der Waals surface area contributed by atoms with E-state index in [2.05, 4.69) is 35.8 Å². The molecule has 2 N–H and O–H groups in total. The second-order valence-electron chi connectivity index (χ2n) is 5.45. The first-order valence-corrected chi connectivity index (χ1v) is 6.91. The van der Waals surface area contributed by atoms with Gasteiger partial charge >= 0.3 is 0 Å². The first kappa shape index (κ1) is 13.3. The van der Waals surface area contributed by atoms with E-state index in [0.29, 0.717) is 6.04 Å². The van der Waals surface area contributed by atoms with Crippen molar-refractivity contribution in [1.82, 2.24) is 9.97 Å². The number of aromatic nitrogens is 2. The van der Waals surface area contributed by atoms with Crippen LogP contribution in [0.4, 0.5) is 5.95 Å². The number of nitrogens with zero attached hydrogens (tertiary/aromatic N) is 3. The van der Waals surface area contributed by atoms with Crippen LogP contribution in [0.1, 0.15) is 38.7 Å². The summed E-state index contributed by atoms with van der Waals surface area (Å²) < 4.78 is 0. The molecule has 1 aromatic heterocycles. The molecule has 2 rings (SSSR count). The third-order valence-electron chi connectivity index (χ3n) is 3.94. The second-order valence-corrected chi connectivity index (χ2v) is 5.45. The molecule has 4 nitrogen and oxygen atoms in total. The van der Waals surface area contributed by atoms with Crippen molar-refractivity contribution in [3.63, 3.8) is 0 Å². The van der Waals surface area contributed by atoms with Gasteiger partial charge in [-0.05, 0) is 44.1 Å². The van der Waals surface area contributed by atoms with Crippen molar-refractivity contribution in [1.29, 1.82) is 0 Å². The molecule has 1 aliphatic rings. The third-order valence-corrected chi connectivity index (χ3v) is 3.94. The van der Waals surface area contributed by atoms with E-state index in [1.807, 2.05) is 12.4 Å². The first-order valence-electron chi connectivity index (χ1n) is 6.91. The first-order chi connectivity index (χ1) is 8.61. The minimum absolute atomic E-state index is 0.211. The average Bonchev–Trinajstić information content (AvgIpc) is 3.22. The fourth-order valence-electron chi connectivity index (χ4n) is 2.16. The minimum atomic E-state index is 0.211. The fourth-order valence-corrected chi connectivity index (χ4v) is 2.16. The fraction of sp³-hybridized carbons (Fsp3) is 0.714. The van der Waals surface area contributed by atoms with E-state index in [0.717, 1.165) is 30.3 Å². The van der Waals surface area contributed by atoms with Gasteiger partial charge in [0.25, 0.3) is 0 Å². The van der Waals surface area contributed by atoms with Crippen LogP contribution in [0.5, 0.6) is 0 Å². The number of rotatable bonds is 6. The topological polar surface area (TPSA) is 55.0 Å². The van der Waals surface area contributed by atoms with Crippen molar-refractivity contribution in [3.05, 3.63) is 18.0 Å². The average molecular weight is 248 g/mol. The molecule has 1 fully saturated rings. The van der Waals surface area contributed by atoms with Gasteiger partial charge in [0.1, 0.15) is 0 Å². The molecule has 0 radical (unpaired) electrons. The van der Waals surface area contributed by atoms with E-state index >= 15 is 0 Å². The van der Waals surface area contributed by atoms with Gasteiger partial charge in [0.15, 0.2) is 0 Å². The molecule has 1 saturated carbocycles. The number of nitrogens with two attached hydrogens (primary N) is 1. The quantitative estimate of drug-likeness (QED) is 0.836. The van der Waals surface area contributed by atoms with Crippen LogP contribution >= 0.6 is 0 Å². The highest BCUT2D eigenvalue weighted by Gasteiger charge is 2.31. The molecule has 0 aromatic carbocycles. The van der Waals surface area contributed by atoms with Gasteiger partial charge in [0.05, 0.1) is 0 Å². The molecular formula is C14H24N4. The van der Waals surface area contributed by atoms with Gasteiger partial charge in [0.2, 0.25) is 5.95 Å². The Bertz CT molecular complexity index is 372. The maximum atomic E-state index is 5.93. The predicted molar refractivity (Wildman–Crippen MR) is 74.6 cm³/mol. The predicted octanol–water partition coefficient (Wildman–Crippen LogP) is 1.99. The van der Waals surface area contributed by atoms with E-state index in [1.54, 1.807) is 0 Å². The Morgan fingerprint density at radius 1 is 1.39 bits per heavy atom. The summed E-state index contributed by atoms with van der Waals surface area (Å²) in [6.45, 7) is 4.35.